The van der Waals surface area contributed by atoms with Crippen molar-refractivity contribution in [3.8, 4) is 0 Å². The van der Waals surface area contributed by atoms with Gasteiger partial charge in [0.15, 0.2) is 0 Å². The molecule has 2 nitrogen and oxygen atoms in total. The van der Waals surface area contributed by atoms with Gasteiger partial charge in [0.25, 0.3) is 0 Å². The average Bonchev–Trinajstić information content (AvgIpc) is 2.43. The standard InChI is InChI=1S/C12H11ClN2.2C2H6/c13-11-3-1-2-9(7-11)6-10-4-5-15-12(14)8-10;2*1-2/h1-5,7-8H,6H2,(H2,14,15);2*1-2H3. The number of rotatable bonds is 2. The van der Waals surface area contributed by atoms with E-state index in [4.69, 9.17) is 17.3 Å². The summed E-state index contributed by atoms with van der Waals surface area (Å²) in [5.74, 6) is 0.550. The Morgan fingerprint density at radius 1 is 1.00 bits per heavy atom. The van der Waals surface area contributed by atoms with Gasteiger partial charge in [-0.1, -0.05) is 51.4 Å². The van der Waals surface area contributed by atoms with Gasteiger partial charge in [-0.3, -0.25) is 0 Å². The maximum Gasteiger partial charge on any atom is 0.123 e. The molecule has 0 saturated heterocycles. The Kier molecular flexibility index (Phi) is 9.55. The second kappa shape index (κ2) is 10.4. The van der Waals surface area contributed by atoms with Crippen LogP contribution >= 0.6 is 11.6 Å². The molecule has 19 heavy (non-hydrogen) atoms. The van der Waals surface area contributed by atoms with Crippen LogP contribution in [-0.4, -0.2) is 4.98 Å². The zero-order valence-corrected chi connectivity index (χ0v) is 12.9. The number of nitrogen functional groups attached to an aromatic ring is 1. The summed E-state index contributed by atoms with van der Waals surface area (Å²) in [6.45, 7) is 8.00. The quantitative estimate of drug-likeness (QED) is 0.843. The predicted octanol–water partition coefficient (Wildman–Crippen LogP) is 4.96. The molecule has 1 aromatic carbocycles. The fourth-order valence-electron chi connectivity index (χ4n) is 1.49. The molecule has 2 aromatic rings. The Labute approximate surface area is 121 Å². The Morgan fingerprint density at radius 3 is 2.21 bits per heavy atom. The molecule has 1 heterocycles. The predicted molar refractivity (Wildman–Crippen MR) is 85.6 cm³/mol. The first kappa shape index (κ1) is 17.5. The smallest absolute Gasteiger partial charge is 0.123 e. The minimum atomic E-state index is 0.550. The van der Waals surface area contributed by atoms with Crippen LogP contribution in [0, 0.1) is 0 Å². The van der Waals surface area contributed by atoms with Gasteiger partial charge >= 0.3 is 0 Å². The van der Waals surface area contributed by atoms with Gasteiger partial charge < -0.3 is 5.73 Å². The molecular formula is C16H23ClN2. The van der Waals surface area contributed by atoms with Gasteiger partial charge in [-0.15, -0.1) is 0 Å². The molecule has 3 heteroatoms. The molecule has 0 atom stereocenters. The highest BCUT2D eigenvalue weighted by Gasteiger charge is 1.98. The van der Waals surface area contributed by atoms with E-state index in [9.17, 15) is 0 Å². The number of pyridine rings is 1. The van der Waals surface area contributed by atoms with Crippen LogP contribution in [0.1, 0.15) is 38.8 Å². The number of nitrogens with zero attached hydrogens (tertiary/aromatic N) is 1. The minimum absolute atomic E-state index is 0.550. The third-order valence-electron chi connectivity index (χ3n) is 2.14. The van der Waals surface area contributed by atoms with Crippen molar-refractivity contribution in [2.45, 2.75) is 34.1 Å². The van der Waals surface area contributed by atoms with Crippen LogP contribution in [-0.2, 0) is 6.42 Å². The lowest BCUT2D eigenvalue weighted by Crippen LogP contribution is -1.93. The normalized spacial score (nSPS) is 8.68. The van der Waals surface area contributed by atoms with Crippen LogP contribution in [0.4, 0.5) is 5.82 Å². The Bertz CT molecular complexity index is 426. The summed E-state index contributed by atoms with van der Waals surface area (Å²) in [5, 5.41) is 0.759. The van der Waals surface area contributed by atoms with Crippen molar-refractivity contribution in [2.75, 3.05) is 5.73 Å². The van der Waals surface area contributed by atoms with Gasteiger partial charge in [0.2, 0.25) is 0 Å². The number of nitrogens with two attached hydrogens (primary N) is 1. The highest BCUT2D eigenvalue weighted by molar-refractivity contribution is 6.30. The second-order valence-corrected chi connectivity index (χ2v) is 3.83. The first-order chi connectivity index (χ1) is 9.24. The van der Waals surface area contributed by atoms with E-state index in [1.54, 1.807) is 6.20 Å². The third kappa shape index (κ3) is 6.82. The van der Waals surface area contributed by atoms with Crippen LogP contribution < -0.4 is 5.73 Å². The molecule has 2 N–H and O–H groups in total. The Morgan fingerprint density at radius 2 is 1.63 bits per heavy atom. The maximum absolute atomic E-state index is 5.91. The second-order valence-electron chi connectivity index (χ2n) is 3.40. The van der Waals surface area contributed by atoms with Crippen molar-refractivity contribution < 1.29 is 0 Å². The van der Waals surface area contributed by atoms with E-state index in [1.165, 1.54) is 5.56 Å². The summed E-state index contributed by atoms with van der Waals surface area (Å²) >= 11 is 5.91. The van der Waals surface area contributed by atoms with Crippen molar-refractivity contribution in [1.29, 1.82) is 0 Å². The maximum atomic E-state index is 5.91. The number of aromatic nitrogens is 1. The molecular weight excluding hydrogens is 256 g/mol. The van der Waals surface area contributed by atoms with E-state index >= 15 is 0 Å². The highest BCUT2D eigenvalue weighted by Crippen LogP contribution is 2.15. The van der Waals surface area contributed by atoms with E-state index in [1.807, 2.05) is 64.1 Å². The molecule has 0 spiro atoms. The van der Waals surface area contributed by atoms with Crippen LogP contribution in [0.5, 0.6) is 0 Å². The average molecular weight is 279 g/mol. The van der Waals surface area contributed by atoms with Gasteiger partial charge in [0.05, 0.1) is 0 Å². The molecule has 0 radical (unpaired) electrons. The van der Waals surface area contributed by atoms with E-state index in [0.717, 1.165) is 17.0 Å². The molecule has 104 valence electrons. The monoisotopic (exact) mass is 278 g/mol. The topological polar surface area (TPSA) is 38.9 Å². The largest absolute Gasteiger partial charge is 0.384 e. The van der Waals surface area contributed by atoms with E-state index < -0.39 is 0 Å². The molecule has 0 amide bonds. The molecule has 0 aliphatic heterocycles. The summed E-state index contributed by atoms with van der Waals surface area (Å²) in [7, 11) is 0. The molecule has 1 aromatic heterocycles. The van der Waals surface area contributed by atoms with Crippen molar-refractivity contribution in [1.82, 2.24) is 4.98 Å². The van der Waals surface area contributed by atoms with Gasteiger partial charge in [-0.05, 0) is 41.8 Å². The summed E-state index contributed by atoms with van der Waals surface area (Å²) in [5.41, 5.74) is 7.92. The zero-order valence-electron chi connectivity index (χ0n) is 12.2. The lowest BCUT2D eigenvalue weighted by molar-refractivity contribution is 1.17. The Hall–Kier alpha value is -1.54. The van der Waals surface area contributed by atoms with Crippen molar-refractivity contribution in [3.05, 3.63) is 58.7 Å². The van der Waals surface area contributed by atoms with Gasteiger partial charge in [-0.25, -0.2) is 4.98 Å². The highest BCUT2D eigenvalue weighted by atomic mass is 35.5. The Balaban J connectivity index is 0.000000741. The zero-order chi connectivity index (χ0) is 14.7. The number of anilines is 1. The molecule has 0 aliphatic rings. The molecule has 0 bridgehead atoms. The molecule has 0 unspecified atom stereocenters. The third-order valence-corrected chi connectivity index (χ3v) is 2.38. The summed E-state index contributed by atoms with van der Waals surface area (Å²) in [4.78, 5) is 3.95. The number of hydrogen-bond donors (Lipinski definition) is 1. The SMILES string of the molecule is CC.CC.Nc1cc(Cc2cccc(Cl)c2)ccn1. The van der Waals surface area contributed by atoms with Crippen LogP contribution in [0.3, 0.4) is 0 Å². The summed E-state index contributed by atoms with van der Waals surface area (Å²) < 4.78 is 0. The van der Waals surface area contributed by atoms with Crippen molar-refractivity contribution in [2.24, 2.45) is 0 Å². The van der Waals surface area contributed by atoms with Crippen molar-refractivity contribution in [3.63, 3.8) is 0 Å². The number of hydrogen-bond acceptors (Lipinski definition) is 2. The molecule has 0 saturated carbocycles. The van der Waals surface area contributed by atoms with E-state index in [-0.39, 0.29) is 0 Å². The summed E-state index contributed by atoms with van der Waals surface area (Å²) in [6, 6.07) is 11.6. The van der Waals surface area contributed by atoms with Gasteiger partial charge in [0.1, 0.15) is 5.82 Å². The first-order valence-electron chi connectivity index (χ1n) is 6.69. The molecule has 2 rings (SSSR count). The minimum Gasteiger partial charge on any atom is -0.384 e. The van der Waals surface area contributed by atoms with Crippen LogP contribution in [0.25, 0.3) is 0 Å². The lowest BCUT2D eigenvalue weighted by atomic mass is 10.1. The number of benzene rings is 1. The fourth-order valence-corrected chi connectivity index (χ4v) is 1.70. The van der Waals surface area contributed by atoms with E-state index in [0.29, 0.717) is 5.82 Å². The van der Waals surface area contributed by atoms with Crippen LogP contribution in [0.15, 0.2) is 42.6 Å². The van der Waals surface area contributed by atoms with Crippen LogP contribution in [0.2, 0.25) is 5.02 Å². The van der Waals surface area contributed by atoms with Gasteiger partial charge in [0, 0.05) is 11.2 Å². The lowest BCUT2D eigenvalue weighted by Gasteiger charge is -2.02. The summed E-state index contributed by atoms with van der Waals surface area (Å²) in [6.07, 6.45) is 2.54. The molecule has 0 fully saturated rings. The fraction of sp³-hybridized carbons (Fsp3) is 0.312. The van der Waals surface area contributed by atoms with Gasteiger partial charge in [-0.2, -0.15) is 0 Å². The van der Waals surface area contributed by atoms with E-state index in [2.05, 4.69) is 4.98 Å². The number of halogens is 1. The molecule has 0 aliphatic carbocycles. The first-order valence-corrected chi connectivity index (χ1v) is 7.07. The van der Waals surface area contributed by atoms with Crippen molar-refractivity contribution >= 4 is 17.4 Å².